The van der Waals surface area contributed by atoms with Gasteiger partial charge in [-0.25, -0.2) is 4.79 Å². The lowest BCUT2D eigenvalue weighted by atomic mass is 10.1. The number of aromatic amines is 1. The number of aryl methyl sites for hydroxylation is 1. The van der Waals surface area contributed by atoms with Crippen molar-refractivity contribution in [3.63, 3.8) is 0 Å². The monoisotopic (exact) mass is 642 g/mol. The molecule has 44 heavy (non-hydrogen) atoms. The van der Waals surface area contributed by atoms with Gasteiger partial charge in [-0.05, 0) is 34.8 Å². The van der Waals surface area contributed by atoms with Crippen LogP contribution in [0.1, 0.15) is 45.9 Å². The van der Waals surface area contributed by atoms with Crippen molar-refractivity contribution in [2.45, 2.75) is 70.6 Å². The lowest BCUT2D eigenvalue weighted by Crippen LogP contribution is -2.69. The smallest absolute Gasteiger partial charge is 0.353 e. The summed E-state index contributed by atoms with van der Waals surface area (Å²) in [5, 5.41) is 1.73. The Morgan fingerprint density at radius 2 is 1.55 bits per heavy atom. The fourth-order valence-electron chi connectivity index (χ4n) is 5.67. The topological polar surface area (TPSA) is 118 Å². The number of ether oxygens (including phenoxy) is 2. The van der Waals surface area contributed by atoms with Crippen LogP contribution in [-0.2, 0) is 27.5 Å². The fourth-order valence-corrected chi connectivity index (χ4v) is 11.1. The Labute approximate surface area is 259 Å². The van der Waals surface area contributed by atoms with Crippen LogP contribution in [0.5, 0.6) is 0 Å². The molecule has 2 heterocycles. The number of rotatable bonds is 12. The Hall–Kier alpha value is -2.89. The standard InChI is InChI=1S/C32H43N2O8PSi/c1-8-20-40-28-27(42-44(32(3,4)5,24-15-11-9-12-16-24)25-17-13-10-14-18-25)26(19-21-43(37,38-6)39-7)41-30(28)34-22-23(2)29(35)33-31(34)36/h9-19,21-22,26-28,30H,8,20H2,1-7H3,(H,33,35,36)/b21-19+/t26-,27+,28?,30-/m1/s1. The van der Waals surface area contributed by atoms with Crippen molar-refractivity contribution in [3.8, 4) is 0 Å². The Bertz CT molecular complexity index is 1540. The molecule has 12 heteroatoms. The highest BCUT2D eigenvalue weighted by atomic mass is 31.2. The van der Waals surface area contributed by atoms with E-state index in [1.165, 1.54) is 30.8 Å². The van der Waals surface area contributed by atoms with E-state index in [0.29, 0.717) is 18.6 Å². The zero-order valence-electron chi connectivity index (χ0n) is 26.4. The van der Waals surface area contributed by atoms with Gasteiger partial charge in [-0.2, -0.15) is 0 Å². The first kappa shape index (κ1) is 34.0. The molecule has 2 aromatic carbocycles. The molecule has 0 radical (unpaired) electrons. The number of hydrogen-bond donors (Lipinski definition) is 1. The van der Waals surface area contributed by atoms with Gasteiger partial charge in [-0.15, -0.1) is 0 Å². The maximum Gasteiger partial charge on any atom is 0.353 e. The minimum absolute atomic E-state index is 0.342. The van der Waals surface area contributed by atoms with Crippen molar-refractivity contribution < 1.29 is 27.5 Å². The van der Waals surface area contributed by atoms with Crippen molar-refractivity contribution in [2.75, 3.05) is 20.8 Å². The van der Waals surface area contributed by atoms with Crippen LogP contribution >= 0.6 is 7.60 Å². The molecule has 1 aliphatic rings. The van der Waals surface area contributed by atoms with Gasteiger partial charge in [0.05, 0.1) is 0 Å². The lowest BCUT2D eigenvalue weighted by molar-refractivity contribution is -0.0666. The predicted molar refractivity (Wildman–Crippen MR) is 173 cm³/mol. The molecule has 4 rings (SSSR count). The molecule has 0 bridgehead atoms. The van der Waals surface area contributed by atoms with E-state index < -0.39 is 51.7 Å². The Balaban J connectivity index is 1.97. The van der Waals surface area contributed by atoms with Gasteiger partial charge < -0.3 is 22.9 Å². The van der Waals surface area contributed by atoms with Crippen molar-refractivity contribution in [1.82, 2.24) is 9.55 Å². The summed E-state index contributed by atoms with van der Waals surface area (Å²) in [7, 11) is -4.13. The normalized spacial score (nSPS) is 21.2. The Morgan fingerprint density at radius 3 is 2.05 bits per heavy atom. The minimum atomic E-state index is -3.58. The maximum absolute atomic E-state index is 13.1. The number of benzene rings is 2. The second kappa shape index (κ2) is 14.0. The molecule has 10 nitrogen and oxygen atoms in total. The molecule has 1 aromatic heterocycles. The maximum atomic E-state index is 13.1. The molecular formula is C32H43N2O8PSi. The summed E-state index contributed by atoms with van der Waals surface area (Å²) in [6.45, 7) is 10.5. The summed E-state index contributed by atoms with van der Waals surface area (Å²) in [4.78, 5) is 27.8. The minimum Gasteiger partial charge on any atom is -0.399 e. The summed E-state index contributed by atoms with van der Waals surface area (Å²) < 4.78 is 45.3. The largest absolute Gasteiger partial charge is 0.399 e. The van der Waals surface area contributed by atoms with Gasteiger partial charge in [0, 0.05) is 38.4 Å². The van der Waals surface area contributed by atoms with Crippen molar-refractivity contribution in [2.24, 2.45) is 0 Å². The van der Waals surface area contributed by atoms with Crippen molar-refractivity contribution in [3.05, 3.63) is 105 Å². The molecule has 1 saturated heterocycles. The Kier molecular flexibility index (Phi) is 10.8. The molecule has 0 spiro atoms. The number of H-pyrrole nitrogens is 1. The SMILES string of the molecule is CCCOC1[C@@H](O[Si](c2ccccc2)(c2ccccc2)C(C)(C)C)[C@@H](/C=C/P(=O)(OC)OC)O[C@H]1n1cc(C)c(=O)[nH]c1=O. The van der Waals surface area contributed by atoms with E-state index >= 15 is 0 Å². The molecule has 1 aliphatic heterocycles. The van der Waals surface area contributed by atoms with Crippen LogP contribution in [0.3, 0.4) is 0 Å². The van der Waals surface area contributed by atoms with Crippen LogP contribution in [0.25, 0.3) is 0 Å². The van der Waals surface area contributed by atoms with Crippen LogP contribution in [0.4, 0.5) is 0 Å². The number of nitrogens with zero attached hydrogens (tertiary/aromatic N) is 1. The van der Waals surface area contributed by atoms with E-state index in [-0.39, 0.29) is 5.04 Å². The molecular weight excluding hydrogens is 599 g/mol. The van der Waals surface area contributed by atoms with E-state index in [4.69, 9.17) is 22.9 Å². The molecule has 1 N–H and O–H groups in total. The number of hydrogen-bond acceptors (Lipinski definition) is 8. The van der Waals surface area contributed by atoms with Crippen molar-refractivity contribution >= 4 is 26.3 Å². The number of aromatic nitrogens is 2. The summed E-state index contributed by atoms with van der Waals surface area (Å²) in [6, 6.07) is 20.3. The summed E-state index contributed by atoms with van der Waals surface area (Å²) >= 11 is 0. The van der Waals surface area contributed by atoms with E-state index in [9.17, 15) is 14.2 Å². The second-order valence-corrected chi connectivity index (χ2v) is 18.2. The van der Waals surface area contributed by atoms with Crippen LogP contribution in [-0.4, -0.2) is 57.0 Å². The summed E-state index contributed by atoms with van der Waals surface area (Å²) in [5.74, 6) is 1.35. The van der Waals surface area contributed by atoms with Crippen LogP contribution in [0.2, 0.25) is 5.04 Å². The van der Waals surface area contributed by atoms with Crippen LogP contribution in [0, 0.1) is 6.92 Å². The third-order valence-corrected chi connectivity index (χ3v) is 14.4. The van der Waals surface area contributed by atoms with Gasteiger partial charge in [-0.3, -0.25) is 18.9 Å². The van der Waals surface area contributed by atoms with Crippen LogP contribution < -0.4 is 21.6 Å². The highest BCUT2D eigenvalue weighted by Crippen LogP contribution is 2.49. The van der Waals surface area contributed by atoms with E-state index in [1.807, 2.05) is 43.3 Å². The molecule has 0 amide bonds. The zero-order valence-corrected chi connectivity index (χ0v) is 28.3. The van der Waals surface area contributed by atoms with E-state index in [0.717, 1.165) is 10.4 Å². The Morgan fingerprint density at radius 1 is 0.977 bits per heavy atom. The van der Waals surface area contributed by atoms with Gasteiger partial charge >= 0.3 is 13.3 Å². The van der Waals surface area contributed by atoms with Gasteiger partial charge in [0.25, 0.3) is 13.9 Å². The molecule has 1 fully saturated rings. The average molecular weight is 643 g/mol. The molecule has 1 unspecified atom stereocenters. The van der Waals surface area contributed by atoms with Gasteiger partial charge in [-0.1, -0.05) is 88.4 Å². The molecule has 0 saturated carbocycles. The van der Waals surface area contributed by atoms with E-state index in [1.54, 1.807) is 13.0 Å². The van der Waals surface area contributed by atoms with Crippen LogP contribution in [0.15, 0.2) is 88.3 Å². The summed E-state index contributed by atoms with van der Waals surface area (Å²) in [5.41, 5.74) is -0.772. The second-order valence-electron chi connectivity index (χ2n) is 11.8. The van der Waals surface area contributed by atoms with Gasteiger partial charge in [0.1, 0.15) is 18.3 Å². The molecule has 0 aliphatic carbocycles. The predicted octanol–water partition coefficient (Wildman–Crippen LogP) is 4.48. The van der Waals surface area contributed by atoms with Crippen molar-refractivity contribution in [1.29, 1.82) is 0 Å². The summed E-state index contributed by atoms with van der Waals surface area (Å²) in [6.07, 6.45) is 0.428. The van der Waals surface area contributed by atoms with Gasteiger partial charge in [0.15, 0.2) is 6.23 Å². The lowest BCUT2D eigenvalue weighted by Gasteiger charge is -2.45. The third-order valence-electron chi connectivity index (χ3n) is 7.86. The highest BCUT2D eigenvalue weighted by molar-refractivity contribution is 7.57. The zero-order chi connectivity index (χ0) is 32.1. The first-order valence-electron chi connectivity index (χ1n) is 14.7. The quantitative estimate of drug-likeness (QED) is 0.227. The fraction of sp³-hybridized carbons (Fsp3) is 0.438. The molecule has 3 aromatic rings. The third kappa shape index (κ3) is 6.84. The molecule has 4 atom stereocenters. The first-order valence-corrected chi connectivity index (χ1v) is 18.2. The molecule has 238 valence electrons. The first-order chi connectivity index (χ1) is 20.9. The average Bonchev–Trinajstić information content (AvgIpc) is 3.35. The van der Waals surface area contributed by atoms with E-state index in [2.05, 4.69) is 50.0 Å². The number of nitrogens with one attached hydrogen (secondary N) is 1. The van der Waals surface area contributed by atoms with Gasteiger partial charge in [0.2, 0.25) is 0 Å². The highest BCUT2D eigenvalue weighted by Gasteiger charge is 2.56.